The Morgan fingerprint density at radius 2 is 1.57 bits per heavy atom. The molecule has 0 bridgehead atoms. The van der Waals surface area contributed by atoms with Crippen molar-refractivity contribution in [2.24, 2.45) is 0 Å². The molecule has 1 saturated heterocycles. The second kappa shape index (κ2) is 12.1. The van der Waals surface area contributed by atoms with Gasteiger partial charge < -0.3 is 9.80 Å². The van der Waals surface area contributed by atoms with E-state index in [0.717, 1.165) is 35.1 Å². The Morgan fingerprint density at radius 3 is 2.17 bits per heavy atom. The molecule has 5 rings (SSSR count). The van der Waals surface area contributed by atoms with Crippen LogP contribution in [0.3, 0.4) is 0 Å². The molecule has 1 heterocycles. The highest BCUT2D eigenvalue weighted by Gasteiger charge is 2.48. The number of benzene rings is 3. The molecule has 1 unspecified atom stereocenters. The number of halogens is 2. The van der Waals surface area contributed by atoms with E-state index < -0.39 is 11.1 Å². The number of hydrogen-bond acceptors (Lipinski definition) is 4. The Bertz CT molecular complexity index is 1510. The third-order valence-corrected chi connectivity index (χ3v) is 9.57. The van der Waals surface area contributed by atoms with Gasteiger partial charge in [-0.1, -0.05) is 76.8 Å². The minimum absolute atomic E-state index is 0.00255. The first-order valence-electron chi connectivity index (χ1n) is 14.4. The number of carbonyl (C=O) groups is 2. The Morgan fingerprint density at radius 1 is 0.905 bits per heavy atom. The summed E-state index contributed by atoms with van der Waals surface area (Å²) in [4.78, 5) is 30.8. The molecule has 218 valence electrons. The number of hydrogen-bond donors (Lipinski definition) is 1. The summed E-state index contributed by atoms with van der Waals surface area (Å²) in [5, 5.41) is 14.9. The molecule has 1 N–H and O–H groups in total. The first-order chi connectivity index (χ1) is 20.1. The second-order valence-corrected chi connectivity index (χ2v) is 12.6. The van der Waals surface area contributed by atoms with Gasteiger partial charge >= 0.3 is 0 Å². The minimum Gasteiger partial charge on any atom is -0.333 e. The molecular formula is C34H36Cl2N4O2. The molecule has 2 amide bonds. The number of rotatable bonds is 5. The van der Waals surface area contributed by atoms with E-state index >= 15 is 0 Å². The molecule has 1 atom stereocenters. The second-order valence-electron chi connectivity index (χ2n) is 11.7. The molecule has 3 aromatic rings. The quantitative estimate of drug-likeness (QED) is 0.350. The van der Waals surface area contributed by atoms with Gasteiger partial charge in [0.15, 0.2) is 0 Å². The standard InChI is InChI=1S/C34H36Cl2N4O2/c1-23-17-24(2)19-26(18-23)32(42)39-15-16-40(25(3)41)34(22-39,28-9-10-30(35)31(36)20-28)38-29-11-13-33(21-37,14-12-29)27-7-5-4-6-8-27/h4-10,17-20,29,38H,11-16,22H2,1-3H3. The van der Waals surface area contributed by atoms with Crippen LogP contribution in [0, 0.1) is 25.2 Å². The number of piperazine rings is 1. The van der Waals surface area contributed by atoms with Gasteiger partial charge in [-0.25, -0.2) is 0 Å². The molecule has 6 nitrogen and oxygen atoms in total. The highest BCUT2D eigenvalue weighted by Crippen LogP contribution is 2.42. The number of aryl methyl sites for hydroxylation is 2. The fourth-order valence-corrected chi connectivity index (χ4v) is 7.05. The number of nitriles is 1. The van der Waals surface area contributed by atoms with E-state index in [1.165, 1.54) is 0 Å². The monoisotopic (exact) mass is 602 g/mol. The average Bonchev–Trinajstić information content (AvgIpc) is 2.98. The zero-order valence-corrected chi connectivity index (χ0v) is 25.8. The Kier molecular flexibility index (Phi) is 8.66. The van der Waals surface area contributed by atoms with Crippen molar-refractivity contribution in [3.8, 4) is 6.07 Å². The van der Waals surface area contributed by atoms with E-state index in [1.807, 2.05) is 78.2 Å². The third kappa shape index (κ3) is 5.79. The molecule has 0 radical (unpaired) electrons. The normalized spacial score (nSPS) is 24.2. The fraction of sp³-hybridized carbons (Fsp3) is 0.382. The van der Waals surface area contributed by atoms with Crippen LogP contribution in [-0.4, -0.2) is 47.3 Å². The molecule has 2 aliphatic rings. The number of nitrogens with zero attached hydrogens (tertiary/aromatic N) is 3. The van der Waals surface area contributed by atoms with Crippen molar-refractivity contribution in [3.63, 3.8) is 0 Å². The summed E-state index contributed by atoms with van der Waals surface area (Å²) in [6.07, 6.45) is 2.85. The smallest absolute Gasteiger partial charge is 0.254 e. The largest absolute Gasteiger partial charge is 0.333 e. The molecule has 1 aliphatic heterocycles. The van der Waals surface area contributed by atoms with Crippen LogP contribution in [-0.2, 0) is 15.9 Å². The highest BCUT2D eigenvalue weighted by atomic mass is 35.5. The summed E-state index contributed by atoms with van der Waals surface area (Å²) in [6, 6.07) is 23.9. The highest BCUT2D eigenvalue weighted by molar-refractivity contribution is 6.42. The maximum atomic E-state index is 13.9. The number of nitrogens with one attached hydrogen (secondary N) is 1. The van der Waals surface area contributed by atoms with E-state index in [0.29, 0.717) is 41.5 Å². The van der Waals surface area contributed by atoms with Gasteiger partial charge in [0.2, 0.25) is 5.91 Å². The first-order valence-corrected chi connectivity index (χ1v) is 15.2. The van der Waals surface area contributed by atoms with Gasteiger partial charge in [0.1, 0.15) is 5.66 Å². The van der Waals surface area contributed by atoms with Gasteiger partial charge in [-0.3, -0.25) is 14.9 Å². The summed E-state index contributed by atoms with van der Waals surface area (Å²) < 4.78 is 0. The summed E-state index contributed by atoms with van der Waals surface area (Å²) in [7, 11) is 0. The molecule has 42 heavy (non-hydrogen) atoms. The van der Waals surface area contributed by atoms with Crippen LogP contribution in [0.5, 0.6) is 0 Å². The summed E-state index contributed by atoms with van der Waals surface area (Å²) in [6.45, 7) is 6.54. The number of carbonyl (C=O) groups excluding carboxylic acids is 2. The predicted octanol–water partition coefficient (Wildman–Crippen LogP) is 6.76. The zero-order valence-electron chi connectivity index (χ0n) is 24.3. The summed E-state index contributed by atoms with van der Waals surface area (Å²) in [5.74, 6) is -0.175. The van der Waals surface area contributed by atoms with Crippen LogP contribution in [0.4, 0.5) is 0 Å². The van der Waals surface area contributed by atoms with Gasteiger partial charge in [0, 0.05) is 31.6 Å². The lowest BCUT2D eigenvalue weighted by atomic mass is 9.69. The van der Waals surface area contributed by atoms with Crippen LogP contribution >= 0.6 is 23.2 Å². The van der Waals surface area contributed by atoms with Gasteiger partial charge in [0.05, 0.1) is 28.1 Å². The van der Waals surface area contributed by atoms with Crippen molar-refractivity contribution in [1.82, 2.24) is 15.1 Å². The topological polar surface area (TPSA) is 76.4 Å². The molecule has 8 heteroatoms. The Balaban J connectivity index is 1.51. The van der Waals surface area contributed by atoms with Crippen LogP contribution < -0.4 is 5.32 Å². The lowest BCUT2D eigenvalue weighted by molar-refractivity contribution is -0.143. The van der Waals surface area contributed by atoms with E-state index in [1.54, 1.807) is 19.1 Å². The SMILES string of the molecule is CC(=O)N1CCN(C(=O)c2cc(C)cc(C)c2)CC1(NC1CCC(C#N)(c2ccccc2)CC1)c1ccc(Cl)c(Cl)c1. The lowest BCUT2D eigenvalue weighted by Gasteiger charge is -2.53. The van der Waals surface area contributed by atoms with E-state index in [-0.39, 0.29) is 24.4 Å². The summed E-state index contributed by atoms with van der Waals surface area (Å²) in [5.41, 5.74) is 2.91. The van der Waals surface area contributed by atoms with Gasteiger partial charge in [-0.15, -0.1) is 0 Å². The van der Waals surface area contributed by atoms with Gasteiger partial charge in [-0.05, 0) is 74.9 Å². The molecule has 2 fully saturated rings. The molecule has 0 aromatic heterocycles. The Hall–Kier alpha value is -3.37. The van der Waals surface area contributed by atoms with E-state index in [2.05, 4.69) is 11.4 Å². The number of amides is 2. The molecule has 0 spiro atoms. The zero-order chi connectivity index (χ0) is 30.1. The van der Waals surface area contributed by atoms with Crippen molar-refractivity contribution >= 4 is 35.0 Å². The third-order valence-electron chi connectivity index (χ3n) is 8.83. The van der Waals surface area contributed by atoms with Crippen molar-refractivity contribution < 1.29 is 9.59 Å². The fourth-order valence-electron chi connectivity index (χ4n) is 6.75. The summed E-state index contributed by atoms with van der Waals surface area (Å²) >= 11 is 12.9. The van der Waals surface area contributed by atoms with Crippen molar-refractivity contribution in [3.05, 3.63) is 105 Å². The van der Waals surface area contributed by atoms with Crippen molar-refractivity contribution in [1.29, 1.82) is 5.26 Å². The van der Waals surface area contributed by atoms with E-state index in [9.17, 15) is 14.9 Å². The Labute approximate surface area is 258 Å². The molecular weight excluding hydrogens is 567 g/mol. The van der Waals surface area contributed by atoms with Crippen LogP contribution in [0.1, 0.15) is 65.2 Å². The average molecular weight is 604 g/mol. The predicted molar refractivity (Wildman–Crippen MR) is 166 cm³/mol. The first kappa shape index (κ1) is 30.1. The molecule has 3 aromatic carbocycles. The van der Waals surface area contributed by atoms with Crippen LogP contribution in [0.2, 0.25) is 10.0 Å². The minimum atomic E-state index is -1.03. The maximum absolute atomic E-state index is 13.9. The molecule has 1 aliphatic carbocycles. The van der Waals surface area contributed by atoms with Crippen LogP contribution in [0.25, 0.3) is 0 Å². The lowest BCUT2D eigenvalue weighted by Crippen LogP contribution is -2.70. The maximum Gasteiger partial charge on any atom is 0.254 e. The van der Waals surface area contributed by atoms with Crippen molar-refractivity contribution in [2.75, 3.05) is 19.6 Å². The van der Waals surface area contributed by atoms with Gasteiger partial charge in [0.25, 0.3) is 5.91 Å². The van der Waals surface area contributed by atoms with Crippen LogP contribution in [0.15, 0.2) is 66.7 Å². The molecule has 1 saturated carbocycles. The van der Waals surface area contributed by atoms with Gasteiger partial charge in [-0.2, -0.15) is 5.26 Å². The van der Waals surface area contributed by atoms with E-state index in [4.69, 9.17) is 23.2 Å². The van der Waals surface area contributed by atoms with Crippen molar-refractivity contribution in [2.45, 2.75) is 63.6 Å².